The van der Waals surface area contributed by atoms with Crippen LogP contribution in [-0.2, 0) is 0 Å². The minimum atomic E-state index is 0.575. The van der Waals surface area contributed by atoms with E-state index in [1.54, 1.807) is 0 Å². The molecule has 1 unspecified atom stereocenters. The predicted molar refractivity (Wildman–Crippen MR) is 101 cm³/mol. The second-order valence-electron chi connectivity index (χ2n) is 7.19. The maximum absolute atomic E-state index is 4.07. The van der Waals surface area contributed by atoms with E-state index in [0.29, 0.717) is 5.41 Å². The smallest absolute Gasteiger partial charge is 0.0190 e. The summed E-state index contributed by atoms with van der Waals surface area (Å²) >= 11 is 0. The molecular weight excluding hydrogens is 268 g/mol. The van der Waals surface area contributed by atoms with Crippen LogP contribution in [0, 0.1) is 5.41 Å². The standard InChI is InChI=1S/C20H42N2/c1-6-9-10-13-16-20(5,8-3)17-14-11-12-15-19(4)22-21-18-7-2/h21-22H,4,6-18H2,1-3,5H3. The van der Waals surface area contributed by atoms with Crippen LogP contribution >= 0.6 is 0 Å². The van der Waals surface area contributed by atoms with E-state index in [4.69, 9.17) is 0 Å². The van der Waals surface area contributed by atoms with Gasteiger partial charge in [-0.2, -0.15) is 0 Å². The maximum atomic E-state index is 4.07. The van der Waals surface area contributed by atoms with Crippen LogP contribution in [0.5, 0.6) is 0 Å². The monoisotopic (exact) mass is 310 g/mol. The van der Waals surface area contributed by atoms with Crippen LogP contribution in [0.4, 0.5) is 0 Å². The average molecular weight is 311 g/mol. The van der Waals surface area contributed by atoms with Gasteiger partial charge in [0.25, 0.3) is 0 Å². The number of unbranched alkanes of at least 4 members (excludes halogenated alkanes) is 5. The average Bonchev–Trinajstić information content (AvgIpc) is 2.51. The molecule has 0 saturated heterocycles. The Hall–Kier alpha value is -0.500. The summed E-state index contributed by atoms with van der Waals surface area (Å²) in [6.45, 7) is 14.4. The Morgan fingerprint density at radius 3 is 2.05 bits per heavy atom. The number of nitrogens with one attached hydrogen (secondary N) is 2. The van der Waals surface area contributed by atoms with Crippen LogP contribution in [0.25, 0.3) is 0 Å². The van der Waals surface area contributed by atoms with Gasteiger partial charge < -0.3 is 5.43 Å². The molecule has 0 saturated carbocycles. The molecule has 0 aromatic carbocycles. The molecule has 0 spiro atoms. The van der Waals surface area contributed by atoms with Crippen LogP contribution in [0.15, 0.2) is 12.3 Å². The van der Waals surface area contributed by atoms with Gasteiger partial charge in [-0.25, -0.2) is 5.43 Å². The number of hydrogen-bond donors (Lipinski definition) is 2. The van der Waals surface area contributed by atoms with E-state index in [1.807, 2.05) is 0 Å². The fourth-order valence-electron chi connectivity index (χ4n) is 2.90. The van der Waals surface area contributed by atoms with E-state index < -0.39 is 0 Å². The van der Waals surface area contributed by atoms with Crippen LogP contribution < -0.4 is 10.9 Å². The Morgan fingerprint density at radius 1 is 0.864 bits per heavy atom. The van der Waals surface area contributed by atoms with Gasteiger partial charge in [-0.15, -0.1) is 0 Å². The van der Waals surface area contributed by atoms with Gasteiger partial charge in [0.1, 0.15) is 0 Å². The molecule has 0 rings (SSSR count). The Bertz CT molecular complexity index is 262. The fraction of sp³-hybridized carbons (Fsp3) is 0.900. The lowest BCUT2D eigenvalue weighted by Crippen LogP contribution is -2.31. The summed E-state index contributed by atoms with van der Waals surface area (Å²) in [5, 5.41) is 0. The molecule has 22 heavy (non-hydrogen) atoms. The molecule has 0 fully saturated rings. The van der Waals surface area contributed by atoms with Gasteiger partial charge in [0.2, 0.25) is 0 Å². The zero-order valence-corrected chi connectivity index (χ0v) is 15.9. The number of allylic oxidation sites excluding steroid dienone is 1. The van der Waals surface area contributed by atoms with Gasteiger partial charge in [0.05, 0.1) is 0 Å². The SMILES string of the molecule is C=C(CCCCCC(C)(CC)CCCCCC)NNCCC. The van der Waals surface area contributed by atoms with Gasteiger partial charge >= 0.3 is 0 Å². The molecule has 2 N–H and O–H groups in total. The molecule has 2 heteroatoms. The third-order valence-corrected chi connectivity index (χ3v) is 4.89. The Labute approximate surface area is 140 Å². The van der Waals surface area contributed by atoms with Crippen molar-refractivity contribution in [2.75, 3.05) is 6.54 Å². The van der Waals surface area contributed by atoms with Crippen molar-refractivity contribution < 1.29 is 0 Å². The predicted octanol–water partition coefficient (Wildman–Crippen LogP) is 6.34. The van der Waals surface area contributed by atoms with Crippen LogP contribution in [0.1, 0.15) is 105 Å². The largest absolute Gasteiger partial charge is 0.326 e. The quantitative estimate of drug-likeness (QED) is 0.257. The van der Waals surface area contributed by atoms with Crippen molar-refractivity contribution >= 4 is 0 Å². The fourth-order valence-corrected chi connectivity index (χ4v) is 2.90. The Balaban J connectivity index is 3.66. The summed E-state index contributed by atoms with van der Waals surface area (Å²) in [6, 6.07) is 0. The molecule has 0 aromatic rings. The van der Waals surface area contributed by atoms with Crippen molar-refractivity contribution in [3.63, 3.8) is 0 Å². The highest BCUT2D eigenvalue weighted by Crippen LogP contribution is 2.34. The van der Waals surface area contributed by atoms with Crippen LogP contribution in [0.3, 0.4) is 0 Å². The van der Waals surface area contributed by atoms with Crippen molar-refractivity contribution in [2.24, 2.45) is 5.41 Å². The first-order valence-corrected chi connectivity index (χ1v) is 9.74. The van der Waals surface area contributed by atoms with Gasteiger partial charge in [0.15, 0.2) is 0 Å². The van der Waals surface area contributed by atoms with E-state index in [2.05, 4.69) is 45.1 Å². The normalized spacial score (nSPS) is 13.8. The number of hydrazine groups is 1. The molecular formula is C20H42N2. The Morgan fingerprint density at radius 2 is 1.50 bits per heavy atom. The maximum Gasteiger partial charge on any atom is 0.0190 e. The van der Waals surface area contributed by atoms with Crippen molar-refractivity contribution in [1.29, 1.82) is 0 Å². The highest BCUT2D eigenvalue weighted by Gasteiger charge is 2.20. The summed E-state index contributed by atoms with van der Waals surface area (Å²) in [4.78, 5) is 0. The molecule has 1 atom stereocenters. The van der Waals surface area contributed by atoms with E-state index in [-0.39, 0.29) is 0 Å². The second-order valence-corrected chi connectivity index (χ2v) is 7.19. The molecule has 0 aliphatic carbocycles. The lowest BCUT2D eigenvalue weighted by Gasteiger charge is -2.28. The van der Waals surface area contributed by atoms with Gasteiger partial charge in [-0.1, -0.05) is 79.2 Å². The molecule has 132 valence electrons. The summed E-state index contributed by atoms with van der Waals surface area (Å²) < 4.78 is 0. The van der Waals surface area contributed by atoms with Crippen molar-refractivity contribution in [1.82, 2.24) is 10.9 Å². The first-order chi connectivity index (χ1) is 10.6. The molecule has 0 aliphatic rings. The van der Waals surface area contributed by atoms with Gasteiger partial charge in [-0.3, -0.25) is 0 Å². The summed E-state index contributed by atoms with van der Waals surface area (Å²) in [5.74, 6) is 0. The highest BCUT2D eigenvalue weighted by atomic mass is 15.4. The minimum absolute atomic E-state index is 0.575. The van der Waals surface area contributed by atoms with E-state index in [9.17, 15) is 0 Å². The zero-order chi connectivity index (χ0) is 16.7. The van der Waals surface area contributed by atoms with E-state index >= 15 is 0 Å². The molecule has 0 heterocycles. The van der Waals surface area contributed by atoms with Crippen molar-refractivity contribution in [2.45, 2.75) is 105 Å². The molecule has 0 bridgehead atoms. The van der Waals surface area contributed by atoms with Crippen LogP contribution in [0.2, 0.25) is 0 Å². The third-order valence-electron chi connectivity index (χ3n) is 4.89. The number of rotatable bonds is 16. The Kier molecular flexibility index (Phi) is 13.8. The molecule has 0 aromatic heterocycles. The first-order valence-electron chi connectivity index (χ1n) is 9.74. The van der Waals surface area contributed by atoms with Crippen molar-refractivity contribution in [3.05, 3.63) is 12.3 Å². The highest BCUT2D eigenvalue weighted by molar-refractivity contribution is 4.88. The second kappa shape index (κ2) is 14.1. The summed E-state index contributed by atoms with van der Waals surface area (Å²) in [7, 11) is 0. The molecule has 0 amide bonds. The van der Waals surface area contributed by atoms with Crippen molar-refractivity contribution in [3.8, 4) is 0 Å². The number of hydrogen-bond acceptors (Lipinski definition) is 2. The van der Waals surface area contributed by atoms with Crippen LogP contribution in [-0.4, -0.2) is 6.54 Å². The lowest BCUT2D eigenvalue weighted by atomic mass is 9.77. The molecule has 2 nitrogen and oxygen atoms in total. The topological polar surface area (TPSA) is 24.1 Å². The molecule has 0 radical (unpaired) electrons. The first kappa shape index (κ1) is 21.5. The minimum Gasteiger partial charge on any atom is -0.326 e. The lowest BCUT2D eigenvalue weighted by molar-refractivity contribution is 0.241. The van der Waals surface area contributed by atoms with Gasteiger partial charge in [-0.05, 0) is 37.5 Å². The third kappa shape index (κ3) is 12.1. The summed E-state index contributed by atoms with van der Waals surface area (Å²) in [6.07, 6.45) is 15.9. The summed E-state index contributed by atoms with van der Waals surface area (Å²) in [5.41, 5.74) is 8.10. The van der Waals surface area contributed by atoms with Gasteiger partial charge in [0, 0.05) is 12.2 Å². The zero-order valence-electron chi connectivity index (χ0n) is 15.9. The molecule has 0 aliphatic heterocycles. The van der Waals surface area contributed by atoms with E-state index in [1.165, 1.54) is 64.2 Å². The van der Waals surface area contributed by atoms with E-state index in [0.717, 1.165) is 25.1 Å².